The lowest BCUT2D eigenvalue weighted by Gasteiger charge is -2.27. The molecule has 2 aromatic carbocycles. The van der Waals surface area contributed by atoms with Crippen LogP contribution < -0.4 is 0 Å². The van der Waals surface area contributed by atoms with Gasteiger partial charge in [0.15, 0.2) is 5.60 Å². The first-order valence-electron chi connectivity index (χ1n) is 9.17. The number of likely N-dealkylation sites (tertiary alicyclic amines) is 1. The summed E-state index contributed by atoms with van der Waals surface area (Å²) in [6.45, 7) is 7.04. The number of hydrogen-bond acceptors (Lipinski definition) is 2. The molecule has 0 amide bonds. The molecule has 130 valence electrons. The molecular formula is C23H27NO. The lowest BCUT2D eigenvalue weighted by molar-refractivity contribution is 0.144. The van der Waals surface area contributed by atoms with Gasteiger partial charge in [-0.2, -0.15) is 0 Å². The van der Waals surface area contributed by atoms with Gasteiger partial charge < -0.3 is 5.11 Å². The molecule has 0 bridgehead atoms. The van der Waals surface area contributed by atoms with Crippen LogP contribution in [0.25, 0.3) is 0 Å². The van der Waals surface area contributed by atoms with Gasteiger partial charge in [0.2, 0.25) is 0 Å². The second-order valence-electron chi connectivity index (χ2n) is 7.03. The van der Waals surface area contributed by atoms with Gasteiger partial charge in [0.1, 0.15) is 0 Å². The van der Waals surface area contributed by atoms with E-state index >= 15 is 0 Å². The van der Waals surface area contributed by atoms with Crippen LogP contribution in [-0.2, 0) is 5.60 Å². The van der Waals surface area contributed by atoms with Crippen molar-refractivity contribution < 1.29 is 5.11 Å². The van der Waals surface area contributed by atoms with Gasteiger partial charge in [0, 0.05) is 11.1 Å². The quantitative estimate of drug-likeness (QED) is 0.857. The molecule has 1 N–H and O–H groups in total. The van der Waals surface area contributed by atoms with E-state index in [9.17, 15) is 5.11 Å². The second kappa shape index (κ2) is 7.87. The van der Waals surface area contributed by atoms with Crippen LogP contribution in [0.4, 0.5) is 0 Å². The number of nitrogens with zero attached hydrogens (tertiary/aromatic N) is 1. The Kier molecular flexibility index (Phi) is 5.58. The van der Waals surface area contributed by atoms with E-state index in [2.05, 4.69) is 41.9 Å². The molecule has 0 saturated carbocycles. The molecule has 0 radical (unpaired) electrons. The number of benzene rings is 2. The summed E-state index contributed by atoms with van der Waals surface area (Å²) in [6.07, 6.45) is 3.82. The van der Waals surface area contributed by atoms with Crippen molar-refractivity contribution in [3.8, 4) is 11.8 Å². The summed E-state index contributed by atoms with van der Waals surface area (Å²) in [7, 11) is 0. The maximum Gasteiger partial charge on any atom is 0.177 e. The van der Waals surface area contributed by atoms with E-state index in [1.807, 2.05) is 37.3 Å². The third-order valence-electron chi connectivity index (χ3n) is 5.00. The summed E-state index contributed by atoms with van der Waals surface area (Å²) in [4.78, 5) is 2.38. The summed E-state index contributed by atoms with van der Waals surface area (Å²) < 4.78 is 0. The van der Waals surface area contributed by atoms with Gasteiger partial charge in [-0.05, 0) is 45.3 Å². The van der Waals surface area contributed by atoms with Gasteiger partial charge in [-0.25, -0.2) is 0 Å². The average Bonchev–Trinajstić information content (AvgIpc) is 2.65. The Hall–Kier alpha value is -2.08. The van der Waals surface area contributed by atoms with Crippen LogP contribution >= 0.6 is 0 Å². The van der Waals surface area contributed by atoms with Crippen molar-refractivity contribution in [2.24, 2.45) is 0 Å². The van der Waals surface area contributed by atoms with Crippen molar-refractivity contribution in [2.45, 2.75) is 38.7 Å². The molecule has 0 aromatic heterocycles. The molecule has 1 heterocycles. The molecule has 1 aliphatic rings. The molecule has 2 aromatic rings. The standard InChI is InChI=1S/C23H27NO/c1-19-12-13-20(2)22(18-19)23(25,21-10-5-3-6-11-21)14-9-17-24-15-7-4-8-16-24/h3,5-6,10-13,18,25H,4,7-8,15-17H2,1-2H3. The zero-order valence-electron chi connectivity index (χ0n) is 15.3. The first-order valence-corrected chi connectivity index (χ1v) is 9.17. The Morgan fingerprint density at radius 3 is 2.44 bits per heavy atom. The van der Waals surface area contributed by atoms with Gasteiger partial charge in [-0.15, -0.1) is 0 Å². The van der Waals surface area contributed by atoms with Crippen molar-refractivity contribution >= 4 is 0 Å². The molecule has 1 fully saturated rings. The SMILES string of the molecule is Cc1ccc(C)c(C(O)(C#CCN2CCCCC2)c2ccccc2)c1. The minimum absolute atomic E-state index is 0.722. The zero-order valence-corrected chi connectivity index (χ0v) is 15.3. The maximum atomic E-state index is 11.6. The van der Waals surface area contributed by atoms with E-state index in [4.69, 9.17) is 0 Å². The summed E-state index contributed by atoms with van der Waals surface area (Å²) >= 11 is 0. The first kappa shape index (κ1) is 17.7. The summed E-state index contributed by atoms with van der Waals surface area (Å²) in [5, 5.41) is 11.6. The predicted octanol–water partition coefficient (Wildman–Crippen LogP) is 4.03. The Morgan fingerprint density at radius 2 is 1.72 bits per heavy atom. The first-order chi connectivity index (χ1) is 12.1. The minimum Gasteiger partial charge on any atom is -0.369 e. The molecule has 1 atom stereocenters. The van der Waals surface area contributed by atoms with Gasteiger partial charge in [-0.3, -0.25) is 4.90 Å². The molecular weight excluding hydrogens is 306 g/mol. The molecule has 3 rings (SSSR count). The molecule has 1 saturated heterocycles. The number of rotatable bonds is 3. The van der Waals surface area contributed by atoms with Crippen LogP contribution in [0, 0.1) is 25.7 Å². The molecule has 1 unspecified atom stereocenters. The third-order valence-corrected chi connectivity index (χ3v) is 5.00. The fourth-order valence-electron chi connectivity index (χ4n) is 3.50. The van der Waals surface area contributed by atoms with E-state index in [0.29, 0.717) is 0 Å². The van der Waals surface area contributed by atoms with Gasteiger partial charge in [0.25, 0.3) is 0 Å². The monoisotopic (exact) mass is 333 g/mol. The van der Waals surface area contributed by atoms with Crippen molar-refractivity contribution in [1.82, 2.24) is 4.90 Å². The normalized spacial score (nSPS) is 17.4. The van der Waals surface area contributed by atoms with Crippen LogP contribution in [0.5, 0.6) is 0 Å². The fourth-order valence-corrected chi connectivity index (χ4v) is 3.50. The number of aryl methyl sites for hydroxylation is 2. The molecule has 2 heteroatoms. The van der Waals surface area contributed by atoms with E-state index in [1.54, 1.807) is 0 Å². The number of aliphatic hydroxyl groups is 1. The molecule has 0 spiro atoms. The van der Waals surface area contributed by atoms with Crippen molar-refractivity contribution in [1.29, 1.82) is 0 Å². The molecule has 0 aliphatic carbocycles. The summed E-state index contributed by atoms with van der Waals surface area (Å²) in [6, 6.07) is 16.0. The topological polar surface area (TPSA) is 23.5 Å². The van der Waals surface area contributed by atoms with Crippen LogP contribution in [0.2, 0.25) is 0 Å². The summed E-state index contributed by atoms with van der Waals surface area (Å²) in [5.41, 5.74) is 2.63. The largest absolute Gasteiger partial charge is 0.369 e. The highest BCUT2D eigenvalue weighted by molar-refractivity contribution is 5.48. The summed E-state index contributed by atoms with van der Waals surface area (Å²) in [5.74, 6) is 6.47. The van der Waals surface area contributed by atoms with E-state index in [0.717, 1.165) is 41.9 Å². The predicted molar refractivity (Wildman–Crippen MR) is 103 cm³/mol. The fraction of sp³-hybridized carbons (Fsp3) is 0.391. The average molecular weight is 333 g/mol. The highest BCUT2D eigenvalue weighted by Crippen LogP contribution is 2.32. The second-order valence-corrected chi connectivity index (χ2v) is 7.03. The van der Waals surface area contributed by atoms with Crippen molar-refractivity contribution in [2.75, 3.05) is 19.6 Å². The smallest absolute Gasteiger partial charge is 0.177 e. The van der Waals surface area contributed by atoms with E-state index in [-0.39, 0.29) is 0 Å². The maximum absolute atomic E-state index is 11.6. The Labute approximate surface area is 151 Å². The number of hydrogen-bond donors (Lipinski definition) is 1. The van der Waals surface area contributed by atoms with Crippen molar-refractivity contribution in [3.05, 3.63) is 70.8 Å². The van der Waals surface area contributed by atoms with Gasteiger partial charge >= 0.3 is 0 Å². The lowest BCUT2D eigenvalue weighted by Crippen LogP contribution is -2.31. The molecule has 1 aliphatic heterocycles. The van der Waals surface area contributed by atoms with Crippen LogP contribution in [0.15, 0.2) is 48.5 Å². The highest BCUT2D eigenvalue weighted by atomic mass is 16.3. The van der Waals surface area contributed by atoms with E-state index in [1.165, 1.54) is 19.3 Å². The van der Waals surface area contributed by atoms with Crippen LogP contribution in [0.1, 0.15) is 41.5 Å². The van der Waals surface area contributed by atoms with Crippen LogP contribution in [-0.4, -0.2) is 29.6 Å². The number of piperidine rings is 1. The molecule has 2 nitrogen and oxygen atoms in total. The molecule has 25 heavy (non-hydrogen) atoms. The Morgan fingerprint density at radius 1 is 1.00 bits per heavy atom. The Balaban J connectivity index is 1.97. The minimum atomic E-state index is -1.27. The lowest BCUT2D eigenvalue weighted by atomic mass is 9.83. The zero-order chi connectivity index (χ0) is 17.7. The Bertz CT molecular complexity index is 766. The highest BCUT2D eigenvalue weighted by Gasteiger charge is 2.31. The van der Waals surface area contributed by atoms with Gasteiger partial charge in [0.05, 0.1) is 6.54 Å². The van der Waals surface area contributed by atoms with Crippen molar-refractivity contribution in [3.63, 3.8) is 0 Å². The van der Waals surface area contributed by atoms with E-state index < -0.39 is 5.60 Å². The third kappa shape index (κ3) is 4.12. The van der Waals surface area contributed by atoms with Crippen LogP contribution in [0.3, 0.4) is 0 Å². The van der Waals surface area contributed by atoms with Gasteiger partial charge in [-0.1, -0.05) is 72.4 Å².